The van der Waals surface area contributed by atoms with Crippen molar-refractivity contribution >= 4 is 35.8 Å². The van der Waals surface area contributed by atoms with Crippen LogP contribution in [0.3, 0.4) is 0 Å². The number of aliphatic carboxylic acids is 4. The van der Waals surface area contributed by atoms with Crippen LogP contribution in [0.2, 0.25) is 0 Å². The first-order chi connectivity index (χ1) is 16.9. The van der Waals surface area contributed by atoms with Gasteiger partial charge in [0.25, 0.3) is 0 Å². The van der Waals surface area contributed by atoms with Crippen LogP contribution in [0.25, 0.3) is 0 Å². The third-order valence-corrected chi connectivity index (χ3v) is 5.39. The van der Waals surface area contributed by atoms with E-state index in [1.165, 1.54) is 0 Å². The highest BCUT2D eigenvalue weighted by molar-refractivity contribution is 6.29. The van der Waals surface area contributed by atoms with E-state index >= 15 is 0 Å². The lowest BCUT2D eigenvalue weighted by Crippen LogP contribution is -2.21. The van der Waals surface area contributed by atoms with Gasteiger partial charge in [-0.2, -0.15) is 0 Å². The highest BCUT2D eigenvalue weighted by atomic mass is 16.6. The van der Waals surface area contributed by atoms with Gasteiger partial charge < -0.3 is 29.9 Å². The van der Waals surface area contributed by atoms with E-state index in [0.29, 0.717) is 51.4 Å². The van der Waals surface area contributed by atoms with Crippen LogP contribution in [0.15, 0.2) is 24.3 Å². The summed E-state index contributed by atoms with van der Waals surface area (Å²) >= 11 is 0. The predicted octanol–water partition coefficient (Wildman–Crippen LogP) is 2.66. The summed E-state index contributed by atoms with van der Waals surface area (Å²) in [4.78, 5) is 67.2. The number of carbonyl (C=O) groups excluding carboxylic acids is 2. The third kappa shape index (κ3) is 13.3. The molecule has 0 aliphatic heterocycles. The second-order valence-corrected chi connectivity index (χ2v) is 8.12. The van der Waals surface area contributed by atoms with Gasteiger partial charge in [0.1, 0.15) is 0 Å². The van der Waals surface area contributed by atoms with Gasteiger partial charge >= 0.3 is 35.8 Å². The Kier molecular flexibility index (Phi) is 15.9. The highest BCUT2D eigenvalue weighted by Crippen LogP contribution is 2.20. The van der Waals surface area contributed by atoms with Crippen molar-refractivity contribution in [1.29, 1.82) is 0 Å². The van der Waals surface area contributed by atoms with Crippen molar-refractivity contribution in [1.82, 2.24) is 0 Å². The molecule has 0 aromatic heterocycles. The van der Waals surface area contributed by atoms with Gasteiger partial charge in [0.05, 0.1) is 25.0 Å². The van der Waals surface area contributed by atoms with Gasteiger partial charge in [0.15, 0.2) is 0 Å². The number of carboxylic acids is 4. The Labute approximate surface area is 208 Å². The van der Waals surface area contributed by atoms with Crippen LogP contribution in [0, 0.1) is 11.8 Å². The minimum atomic E-state index is -1.35. The number of esters is 2. The lowest BCUT2D eigenvalue weighted by atomic mass is 9.94. The Hall–Kier alpha value is -3.70. The number of carbonyl (C=O) groups is 6. The second kappa shape index (κ2) is 17.7. The van der Waals surface area contributed by atoms with Gasteiger partial charge in [-0.15, -0.1) is 0 Å². The molecule has 0 aliphatic carbocycles. The van der Waals surface area contributed by atoms with Crippen LogP contribution in [-0.4, -0.2) is 69.5 Å². The summed E-state index contributed by atoms with van der Waals surface area (Å²) in [7, 11) is 0. The Morgan fingerprint density at radius 2 is 0.833 bits per heavy atom. The summed E-state index contributed by atoms with van der Waals surface area (Å²) in [6.45, 7) is 6.51. The predicted molar refractivity (Wildman–Crippen MR) is 124 cm³/mol. The smallest absolute Gasteiger partial charge is 0.417 e. The fourth-order valence-electron chi connectivity index (χ4n) is 3.25. The number of unbranched alkanes of at least 4 members (excludes halogenated alkanes) is 6. The Morgan fingerprint density at radius 3 is 1.11 bits per heavy atom. The minimum Gasteiger partial charge on any atom is -0.481 e. The number of rotatable bonds is 20. The molecule has 202 valence electrons. The fraction of sp³-hybridized carbons (Fsp3) is 0.583. The number of ether oxygens (including phenoxy) is 2. The van der Waals surface area contributed by atoms with Gasteiger partial charge in [-0.1, -0.05) is 51.7 Å². The van der Waals surface area contributed by atoms with Crippen LogP contribution in [0.1, 0.15) is 64.2 Å². The molecule has 0 spiro atoms. The first kappa shape index (κ1) is 32.3. The molecule has 0 heterocycles. The van der Waals surface area contributed by atoms with Gasteiger partial charge in [0, 0.05) is 11.1 Å². The summed E-state index contributed by atoms with van der Waals surface area (Å²) in [6, 6.07) is 0. The van der Waals surface area contributed by atoms with E-state index < -0.39 is 47.7 Å². The maximum atomic E-state index is 11.6. The first-order valence-electron chi connectivity index (χ1n) is 11.5. The van der Waals surface area contributed by atoms with E-state index in [0.717, 1.165) is 0 Å². The normalized spacial score (nSPS) is 12.1. The maximum absolute atomic E-state index is 11.6. The van der Waals surface area contributed by atoms with Crippen LogP contribution < -0.4 is 0 Å². The van der Waals surface area contributed by atoms with Crippen LogP contribution in [-0.2, 0) is 38.2 Å². The summed E-state index contributed by atoms with van der Waals surface area (Å²) in [6.07, 6.45) is 4.34. The summed E-state index contributed by atoms with van der Waals surface area (Å²) in [5.74, 6) is -9.77. The van der Waals surface area contributed by atoms with Gasteiger partial charge in [-0.25, -0.2) is 19.2 Å². The zero-order valence-corrected chi connectivity index (χ0v) is 20.1. The average Bonchev–Trinajstić information content (AvgIpc) is 2.80. The van der Waals surface area contributed by atoms with E-state index in [9.17, 15) is 28.8 Å². The van der Waals surface area contributed by atoms with Crippen molar-refractivity contribution in [2.45, 2.75) is 64.2 Å². The second-order valence-electron chi connectivity index (χ2n) is 8.12. The Balaban J connectivity index is 3.91. The average molecular weight is 515 g/mol. The molecule has 0 aromatic rings. The lowest BCUT2D eigenvalue weighted by Gasteiger charge is -2.12. The third-order valence-electron chi connectivity index (χ3n) is 5.39. The molecule has 0 bridgehead atoms. The molecule has 0 amide bonds. The molecule has 12 nitrogen and oxygen atoms in total. The van der Waals surface area contributed by atoms with E-state index in [-0.39, 0.29) is 37.2 Å². The molecule has 12 heteroatoms. The zero-order valence-electron chi connectivity index (χ0n) is 20.1. The lowest BCUT2D eigenvalue weighted by molar-refractivity contribution is -0.167. The van der Waals surface area contributed by atoms with Crippen LogP contribution >= 0.6 is 0 Å². The van der Waals surface area contributed by atoms with Crippen molar-refractivity contribution in [3.8, 4) is 0 Å². The number of carboxylic acid groups (broad SMARTS) is 4. The number of hydrogen-bond acceptors (Lipinski definition) is 8. The molecule has 0 saturated carbocycles. The first-order valence-corrected chi connectivity index (χ1v) is 11.5. The highest BCUT2D eigenvalue weighted by Gasteiger charge is 2.26. The SMILES string of the molecule is C=C(C(=O)O)C(CCCCCCOC(=O)C(=O)OCCCCCCC(C(=C)C(=O)O)C(=O)O)C(=O)O. The van der Waals surface area contributed by atoms with Crippen molar-refractivity contribution in [3.63, 3.8) is 0 Å². The summed E-state index contributed by atoms with van der Waals surface area (Å²) in [5.41, 5.74) is -0.743. The molecule has 2 atom stereocenters. The topological polar surface area (TPSA) is 202 Å². The summed E-state index contributed by atoms with van der Waals surface area (Å²) in [5, 5.41) is 35.8. The molecule has 2 unspecified atom stereocenters. The molecule has 0 aliphatic rings. The molecule has 0 rings (SSSR count). The zero-order chi connectivity index (χ0) is 27.7. The van der Waals surface area contributed by atoms with Crippen molar-refractivity contribution < 1.29 is 58.7 Å². The molecule has 36 heavy (non-hydrogen) atoms. The molecule has 0 saturated heterocycles. The van der Waals surface area contributed by atoms with Gasteiger partial charge in [-0.05, 0) is 25.7 Å². The van der Waals surface area contributed by atoms with Gasteiger partial charge in [0.2, 0.25) is 0 Å². The van der Waals surface area contributed by atoms with Gasteiger partial charge in [-0.3, -0.25) is 9.59 Å². The molecular formula is C24H34O12. The standard InChI is InChI=1S/C24H34O12/c1-15(19(25)26)17(21(29)30)11-7-3-5-9-13-35-23(33)24(34)36-14-10-6-4-8-12-18(22(31)32)16(2)20(27)28/h17-18H,1-14H2,(H,25,26)(H,27,28)(H,29,30)(H,31,32). The van der Waals surface area contributed by atoms with Crippen LogP contribution in [0.5, 0.6) is 0 Å². The van der Waals surface area contributed by atoms with Crippen molar-refractivity contribution in [3.05, 3.63) is 24.3 Å². The largest absolute Gasteiger partial charge is 0.481 e. The quantitative estimate of drug-likeness (QED) is 0.0801. The Morgan fingerprint density at radius 1 is 0.528 bits per heavy atom. The molecular weight excluding hydrogens is 480 g/mol. The van der Waals surface area contributed by atoms with E-state index in [1.807, 2.05) is 0 Å². The monoisotopic (exact) mass is 514 g/mol. The fourth-order valence-corrected chi connectivity index (χ4v) is 3.25. The Bertz CT molecular complexity index is 761. The molecule has 0 fully saturated rings. The number of hydrogen-bond donors (Lipinski definition) is 4. The summed E-state index contributed by atoms with van der Waals surface area (Å²) < 4.78 is 9.63. The van der Waals surface area contributed by atoms with Crippen molar-refractivity contribution in [2.24, 2.45) is 11.8 Å². The maximum Gasteiger partial charge on any atom is 0.417 e. The van der Waals surface area contributed by atoms with E-state index in [1.54, 1.807) is 0 Å². The molecule has 0 aromatic carbocycles. The van der Waals surface area contributed by atoms with Crippen molar-refractivity contribution in [2.75, 3.05) is 13.2 Å². The molecule has 4 N–H and O–H groups in total. The minimum absolute atomic E-state index is 0.0233. The van der Waals surface area contributed by atoms with E-state index in [4.69, 9.17) is 29.9 Å². The van der Waals surface area contributed by atoms with Crippen LogP contribution in [0.4, 0.5) is 0 Å². The molecule has 0 radical (unpaired) electrons. The van der Waals surface area contributed by atoms with E-state index in [2.05, 4.69) is 13.2 Å².